The summed E-state index contributed by atoms with van der Waals surface area (Å²) < 4.78 is 18.5. The molecule has 4 fully saturated rings. The molecular formula is C22H35NO6. The highest BCUT2D eigenvalue weighted by molar-refractivity contribution is 5.79. The molecule has 3 aliphatic heterocycles. The van der Waals surface area contributed by atoms with Crippen LogP contribution in [0.5, 0.6) is 0 Å². The molecule has 4 rings (SSSR count). The van der Waals surface area contributed by atoms with Gasteiger partial charge in [0, 0.05) is 24.9 Å². The van der Waals surface area contributed by atoms with Gasteiger partial charge in [-0.15, -0.1) is 0 Å². The molecule has 2 unspecified atom stereocenters. The monoisotopic (exact) mass is 409 g/mol. The molecule has 0 aromatic carbocycles. The van der Waals surface area contributed by atoms with Gasteiger partial charge in [0.05, 0.1) is 12.0 Å². The van der Waals surface area contributed by atoms with Gasteiger partial charge in [0.1, 0.15) is 6.61 Å². The molecule has 4 aliphatic rings. The van der Waals surface area contributed by atoms with E-state index in [1.54, 1.807) is 4.90 Å². The van der Waals surface area contributed by atoms with Crippen LogP contribution in [0.25, 0.3) is 0 Å². The molecule has 0 spiro atoms. The third-order valence-electron chi connectivity index (χ3n) is 7.90. The number of aliphatic carboxylic acids is 1. The Morgan fingerprint density at radius 3 is 2.52 bits per heavy atom. The first-order valence-electron chi connectivity index (χ1n) is 11.3. The molecule has 1 aliphatic carbocycles. The van der Waals surface area contributed by atoms with Gasteiger partial charge < -0.3 is 24.2 Å². The average Bonchev–Trinajstić information content (AvgIpc) is 3.12. The summed E-state index contributed by atoms with van der Waals surface area (Å²) in [6.07, 6.45) is 4.61. The highest BCUT2D eigenvalue weighted by Crippen LogP contribution is 2.52. The second kappa shape index (κ2) is 8.52. The van der Waals surface area contributed by atoms with E-state index in [0.717, 1.165) is 12.8 Å². The van der Waals surface area contributed by atoms with Crippen molar-refractivity contribution >= 4 is 11.9 Å². The maximum atomic E-state index is 12.5. The number of carboxylic acids is 1. The second-order valence-corrected chi connectivity index (χ2v) is 9.69. The lowest BCUT2D eigenvalue weighted by molar-refractivity contribution is -0.332. The standard InChI is InChI=1S/C22H35NO6/c1-12-4-6-17-14(3)21(29-22-19(17)16(12)7-5-13(2)28-22)27-11-18(24)23-9-8-15(10-23)20(25)26/h12-17,19,21-22H,4-11H2,1-3H3,(H,25,26)/t12-,13?,14-,15-,16+,17+,19?,21+,22+/m1/s1. The van der Waals surface area contributed by atoms with E-state index in [9.17, 15) is 9.59 Å². The van der Waals surface area contributed by atoms with E-state index in [2.05, 4.69) is 20.8 Å². The molecule has 9 atom stereocenters. The van der Waals surface area contributed by atoms with Crippen molar-refractivity contribution in [3.05, 3.63) is 0 Å². The summed E-state index contributed by atoms with van der Waals surface area (Å²) in [4.78, 5) is 25.3. The first-order valence-corrected chi connectivity index (χ1v) is 11.3. The van der Waals surface area contributed by atoms with Crippen LogP contribution in [0, 0.1) is 35.5 Å². The zero-order valence-electron chi connectivity index (χ0n) is 17.8. The number of rotatable bonds is 4. The highest BCUT2D eigenvalue weighted by atomic mass is 16.8. The SMILES string of the molecule is CC1CC[C@@H]2C3[C@@H](O1)O[C@H](OCC(=O)N1CC[C@@H](C(=O)O)C1)[C@H](C)[C@@H]3CC[C@H]2C. The first-order chi connectivity index (χ1) is 13.8. The van der Waals surface area contributed by atoms with E-state index in [4.69, 9.17) is 19.3 Å². The molecule has 1 N–H and O–H groups in total. The van der Waals surface area contributed by atoms with Gasteiger partial charge in [0.25, 0.3) is 0 Å². The fraction of sp³-hybridized carbons (Fsp3) is 0.909. The van der Waals surface area contributed by atoms with Crippen LogP contribution in [0.2, 0.25) is 0 Å². The van der Waals surface area contributed by atoms with Crippen LogP contribution in [0.1, 0.15) is 52.9 Å². The summed E-state index contributed by atoms with van der Waals surface area (Å²) in [7, 11) is 0. The Morgan fingerprint density at radius 1 is 1.03 bits per heavy atom. The Labute approximate surface area is 173 Å². The molecule has 0 bridgehead atoms. The average molecular weight is 410 g/mol. The van der Waals surface area contributed by atoms with Crippen molar-refractivity contribution in [3.63, 3.8) is 0 Å². The molecule has 1 saturated carbocycles. The summed E-state index contributed by atoms with van der Waals surface area (Å²) in [6.45, 7) is 7.33. The topological polar surface area (TPSA) is 85.3 Å². The van der Waals surface area contributed by atoms with Gasteiger partial charge in [-0.1, -0.05) is 20.3 Å². The van der Waals surface area contributed by atoms with Crippen molar-refractivity contribution in [2.24, 2.45) is 35.5 Å². The molecule has 164 valence electrons. The fourth-order valence-electron chi connectivity index (χ4n) is 6.07. The van der Waals surface area contributed by atoms with Crippen LogP contribution in [0.3, 0.4) is 0 Å². The summed E-state index contributed by atoms with van der Waals surface area (Å²) in [6, 6.07) is 0. The third-order valence-corrected chi connectivity index (χ3v) is 7.90. The first kappa shape index (κ1) is 21.1. The van der Waals surface area contributed by atoms with Crippen molar-refractivity contribution in [1.82, 2.24) is 4.90 Å². The predicted molar refractivity (Wildman–Crippen MR) is 105 cm³/mol. The van der Waals surface area contributed by atoms with Crippen LogP contribution >= 0.6 is 0 Å². The number of hydrogen-bond donors (Lipinski definition) is 1. The van der Waals surface area contributed by atoms with Crippen molar-refractivity contribution < 1.29 is 28.9 Å². The largest absolute Gasteiger partial charge is 0.481 e. The van der Waals surface area contributed by atoms with E-state index in [1.807, 2.05) is 0 Å². The van der Waals surface area contributed by atoms with Crippen molar-refractivity contribution in [2.45, 2.75) is 71.6 Å². The van der Waals surface area contributed by atoms with Gasteiger partial charge in [-0.2, -0.15) is 0 Å². The molecular weight excluding hydrogens is 374 g/mol. The number of nitrogens with zero attached hydrogens (tertiary/aromatic N) is 1. The van der Waals surface area contributed by atoms with E-state index >= 15 is 0 Å². The maximum Gasteiger partial charge on any atom is 0.308 e. The molecule has 7 nitrogen and oxygen atoms in total. The van der Waals surface area contributed by atoms with Crippen LogP contribution in [0.15, 0.2) is 0 Å². The Kier molecular flexibility index (Phi) is 6.19. The van der Waals surface area contributed by atoms with Crippen LogP contribution < -0.4 is 0 Å². The number of carbonyl (C=O) groups is 2. The Balaban J connectivity index is 1.39. The maximum absolute atomic E-state index is 12.5. The second-order valence-electron chi connectivity index (χ2n) is 9.69. The van der Waals surface area contributed by atoms with Gasteiger partial charge in [0.15, 0.2) is 12.6 Å². The minimum absolute atomic E-state index is 0.0686. The molecule has 0 aromatic rings. The fourth-order valence-corrected chi connectivity index (χ4v) is 6.07. The molecule has 1 amide bonds. The lowest BCUT2D eigenvalue weighted by Crippen LogP contribution is -2.54. The molecule has 3 heterocycles. The molecule has 0 aromatic heterocycles. The van der Waals surface area contributed by atoms with Gasteiger partial charge in [-0.3, -0.25) is 9.59 Å². The van der Waals surface area contributed by atoms with Gasteiger partial charge in [0.2, 0.25) is 5.91 Å². The van der Waals surface area contributed by atoms with Crippen LogP contribution in [-0.4, -0.2) is 60.3 Å². The predicted octanol–water partition coefficient (Wildman–Crippen LogP) is 2.73. The molecule has 0 radical (unpaired) electrons. The number of carboxylic acid groups (broad SMARTS) is 1. The van der Waals surface area contributed by atoms with Crippen molar-refractivity contribution in [3.8, 4) is 0 Å². The number of ether oxygens (including phenoxy) is 3. The Hall–Kier alpha value is -1.18. The van der Waals surface area contributed by atoms with E-state index in [0.29, 0.717) is 36.6 Å². The minimum atomic E-state index is -0.836. The lowest BCUT2D eigenvalue weighted by atomic mass is 9.61. The zero-order chi connectivity index (χ0) is 20.7. The summed E-state index contributed by atoms with van der Waals surface area (Å²) in [5.74, 6) is 0.973. The molecule has 7 heteroatoms. The Bertz CT molecular complexity index is 626. The number of hydrogen-bond acceptors (Lipinski definition) is 5. The summed E-state index contributed by atoms with van der Waals surface area (Å²) >= 11 is 0. The molecule has 29 heavy (non-hydrogen) atoms. The van der Waals surface area contributed by atoms with Crippen molar-refractivity contribution in [2.75, 3.05) is 19.7 Å². The Morgan fingerprint density at radius 2 is 1.79 bits per heavy atom. The van der Waals surface area contributed by atoms with Crippen LogP contribution in [0.4, 0.5) is 0 Å². The quantitative estimate of drug-likeness (QED) is 0.768. The highest BCUT2D eigenvalue weighted by Gasteiger charge is 2.52. The van der Waals surface area contributed by atoms with Crippen LogP contribution in [-0.2, 0) is 23.8 Å². The smallest absolute Gasteiger partial charge is 0.308 e. The minimum Gasteiger partial charge on any atom is -0.481 e. The number of amides is 1. The summed E-state index contributed by atoms with van der Waals surface area (Å²) in [5, 5.41) is 9.13. The number of likely N-dealkylation sites (tertiary alicyclic amines) is 1. The van der Waals surface area contributed by atoms with E-state index in [-0.39, 0.29) is 37.4 Å². The van der Waals surface area contributed by atoms with Gasteiger partial charge in [-0.05, 0) is 50.4 Å². The normalized spacial score (nSPS) is 44.8. The van der Waals surface area contributed by atoms with Gasteiger partial charge >= 0.3 is 5.97 Å². The van der Waals surface area contributed by atoms with E-state index < -0.39 is 18.2 Å². The van der Waals surface area contributed by atoms with E-state index in [1.165, 1.54) is 12.8 Å². The molecule has 3 saturated heterocycles. The lowest BCUT2D eigenvalue weighted by Gasteiger charge is -2.51. The zero-order valence-corrected chi connectivity index (χ0v) is 17.8. The number of carbonyl (C=O) groups excluding carboxylic acids is 1. The summed E-state index contributed by atoms with van der Waals surface area (Å²) in [5.41, 5.74) is 0. The van der Waals surface area contributed by atoms with Crippen molar-refractivity contribution in [1.29, 1.82) is 0 Å². The third kappa shape index (κ3) is 4.19. The van der Waals surface area contributed by atoms with Gasteiger partial charge in [-0.25, -0.2) is 0 Å².